The summed E-state index contributed by atoms with van der Waals surface area (Å²) in [7, 11) is 0. The number of halogens is 1. The van der Waals surface area contributed by atoms with Gasteiger partial charge in [0.15, 0.2) is 6.10 Å². The van der Waals surface area contributed by atoms with E-state index < -0.39 is 11.6 Å². The summed E-state index contributed by atoms with van der Waals surface area (Å²) in [6.07, 6.45) is 4.34. The van der Waals surface area contributed by atoms with Crippen molar-refractivity contribution in [2.75, 3.05) is 6.61 Å². The van der Waals surface area contributed by atoms with Gasteiger partial charge in [0.1, 0.15) is 5.75 Å². The smallest absolute Gasteiger partial charge is 0.261 e. The maximum Gasteiger partial charge on any atom is 0.261 e. The molecular weight excluding hydrogens is 334 g/mol. The molecule has 0 aliphatic heterocycles. The van der Waals surface area contributed by atoms with Gasteiger partial charge in [-0.25, -0.2) is 0 Å². The molecule has 1 fully saturated rings. The Hall–Kier alpha value is -1.07. The number of hydrogen-bond acceptors (Lipinski definition) is 3. The molecule has 1 unspecified atom stereocenters. The maximum absolute atomic E-state index is 12.3. The molecule has 1 atom stereocenters. The fourth-order valence-corrected chi connectivity index (χ4v) is 2.95. The lowest BCUT2D eigenvalue weighted by atomic mass is 9.82. The molecule has 1 aliphatic rings. The van der Waals surface area contributed by atoms with Crippen LogP contribution in [0.15, 0.2) is 28.7 Å². The Morgan fingerprint density at radius 2 is 1.95 bits per heavy atom. The first-order chi connectivity index (χ1) is 10.0. The molecule has 0 spiro atoms. The van der Waals surface area contributed by atoms with Crippen molar-refractivity contribution in [3.63, 3.8) is 0 Å². The summed E-state index contributed by atoms with van der Waals surface area (Å²) in [5.41, 5.74) is -0.466. The Balaban J connectivity index is 1.93. The Kier molecular flexibility index (Phi) is 5.65. The van der Waals surface area contributed by atoms with Gasteiger partial charge >= 0.3 is 0 Å². The number of amides is 1. The van der Waals surface area contributed by atoms with Crippen molar-refractivity contribution in [2.45, 2.75) is 50.7 Å². The molecular formula is C16H22BrNO3. The van der Waals surface area contributed by atoms with Crippen LogP contribution in [-0.4, -0.2) is 29.3 Å². The minimum atomic E-state index is -0.587. The van der Waals surface area contributed by atoms with Crippen LogP contribution in [0.5, 0.6) is 5.75 Å². The SMILES string of the molecule is CC(Oc1ccc(Br)cc1)C(=O)NC1(CO)CCCCC1. The van der Waals surface area contributed by atoms with E-state index in [1.165, 1.54) is 6.42 Å². The van der Waals surface area contributed by atoms with Gasteiger partial charge in [0, 0.05) is 4.47 Å². The molecule has 0 aromatic heterocycles. The highest BCUT2D eigenvalue weighted by Crippen LogP contribution is 2.28. The van der Waals surface area contributed by atoms with Crippen LogP contribution < -0.4 is 10.1 Å². The number of benzene rings is 1. The largest absolute Gasteiger partial charge is 0.481 e. The van der Waals surface area contributed by atoms with Gasteiger partial charge in [-0.3, -0.25) is 4.79 Å². The molecule has 4 nitrogen and oxygen atoms in total. The molecule has 5 heteroatoms. The zero-order chi connectivity index (χ0) is 15.3. The van der Waals surface area contributed by atoms with Crippen molar-refractivity contribution in [1.29, 1.82) is 0 Å². The molecule has 2 N–H and O–H groups in total. The first-order valence-corrected chi connectivity index (χ1v) is 8.19. The normalized spacial score (nSPS) is 18.8. The van der Waals surface area contributed by atoms with Crippen molar-refractivity contribution < 1.29 is 14.6 Å². The van der Waals surface area contributed by atoms with E-state index >= 15 is 0 Å². The summed E-state index contributed by atoms with van der Waals surface area (Å²) in [6, 6.07) is 7.37. The van der Waals surface area contributed by atoms with Crippen LogP contribution in [0.2, 0.25) is 0 Å². The highest BCUT2D eigenvalue weighted by atomic mass is 79.9. The predicted molar refractivity (Wildman–Crippen MR) is 85.3 cm³/mol. The summed E-state index contributed by atoms with van der Waals surface area (Å²) in [5.74, 6) is 0.483. The van der Waals surface area contributed by atoms with E-state index in [2.05, 4.69) is 21.2 Å². The van der Waals surface area contributed by atoms with E-state index in [4.69, 9.17) is 4.74 Å². The molecule has 0 radical (unpaired) electrons. The van der Waals surface area contributed by atoms with Crippen LogP contribution in [0.3, 0.4) is 0 Å². The number of ether oxygens (including phenoxy) is 1. The van der Waals surface area contributed by atoms with E-state index in [9.17, 15) is 9.90 Å². The molecule has 0 saturated heterocycles. The number of rotatable bonds is 5. The molecule has 1 amide bonds. The molecule has 0 heterocycles. The van der Waals surface area contributed by atoms with Crippen molar-refractivity contribution in [3.05, 3.63) is 28.7 Å². The monoisotopic (exact) mass is 355 g/mol. The highest BCUT2D eigenvalue weighted by molar-refractivity contribution is 9.10. The number of carbonyl (C=O) groups excluding carboxylic acids is 1. The first kappa shape index (κ1) is 16.3. The van der Waals surface area contributed by atoms with Crippen molar-refractivity contribution in [1.82, 2.24) is 5.32 Å². The second kappa shape index (κ2) is 7.27. The fourth-order valence-electron chi connectivity index (χ4n) is 2.68. The average molecular weight is 356 g/mol. The highest BCUT2D eigenvalue weighted by Gasteiger charge is 2.34. The van der Waals surface area contributed by atoms with Crippen LogP contribution in [0, 0.1) is 0 Å². The van der Waals surface area contributed by atoms with Gasteiger partial charge in [0.05, 0.1) is 12.1 Å². The zero-order valence-electron chi connectivity index (χ0n) is 12.3. The lowest BCUT2D eigenvalue weighted by molar-refractivity contribution is -0.130. The zero-order valence-corrected chi connectivity index (χ0v) is 13.9. The molecule has 21 heavy (non-hydrogen) atoms. The molecule has 0 bridgehead atoms. The summed E-state index contributed by atoms with van der Waals surface area (Å²) in [4.78, 5) is 12.3. The first-order valence-electron chi connectivity index (χ1n) is 7.40. The third kappa shape index (κ3) is 4.45. The van der Waals surface area contributed by atoms with Gasteiger partial charge in [0.25, 0.3) is 5.91 Å². The van der Waals surface area contributed by atoms with Crippen LogP contribution in [0.25, 0.3) is 0 Å². The Morgan fingerprint density at radius 3 is 2.52 bits per heavy atom. The summed E-state index contributed by atoms with van der Waals surface area (Å²) in [6.45, 7) is 1.72. The van der Waals surface area contributed by atoms with E-state index in [0.717, 1.165) is 30.2 Å². The lowest BCUT2D eigenvalue weighted by Crippen LogP contribution is -2.55. The topological polar surface area (TPSA) is 58.6 Å². The van der Waals surface area contributed by atoms with E-state index in [1.54, 1.807) is 6.92 Å². The Labute approximate surface area is 134 Å². The minimum absolute atomic E-state index is 0.0102. The molecule has 2 rings (SSSR count). The minimum Gasteiger partial charge on any atom is -0.481 e. The molecule has 1 aliphatic carbocycles. The summed E-state index contributed by atoms with van der Waals surface area (Å²) >= 11 is 3.36. The van der Waals surface area contributed by atoms with Crippen molar-refractivity contribution in [2.24, 2.45) is 0 Å². The second-order valence-corrected chi connectivity index (χ2v) is 6.62. The van der Waals surface area contributed by atoms with E-state index in [1.807, 2.05) is 24.3 Å². The summed E-state index contributed by atoms with van der Waals surface area (Å²) < 4.78 is 6.61. The van der Waals surface area contributed by atoms with Crippen molar-refractivity contribution in [3.8, 4) is 5.75 Å². The van der Waals surface area contributed by atoms with Crippen LogP contribution in [0.4, 0.5) is 0 Å². The molecule has 116 valence electrons. The van der Waals surface area contributed by atoms with Crippen LogP contribution >= 0.6 is 15.9 Å². The Morgan fingerprint density at radius 1 is 1.33 bits per heavy atom. The second-order valence-electron chi connectivity index (χ2n) is 5.70. The van der Waals surface area contributed by atoms with Gasteiger partial charge in [-0.15, -0.1) is 0 Å². The predicted octanol–water partition coefficient (Wildman–Crippen LogP) is 3.03. The number of carbonyl (C=O) groups is 1. The maximum atomic E-state index is 12.3. The third-order valence-electron chi connectivity index (χ3n) is 4.00. The number of aliphatic hydroxyl groups is 1. The standard InChI is InChI=1S/C16H22BrNO3/c1-12(21-14-7-5-13(17)6-8-14)15(20)18-16(11-19)9-3-2-4-10-16/h5-8,12,19H,2-4,9-11H2,1H3,(H,18,20). The summed E-state index contributed by atoms with van der Waals surface area (Å²) in [5, 5.41) is 12.6. The lowest BCUT2D eigenvalue weighted by Gasteiger charge is -2.37. The average Bonchev–Trinajstić information content (AvgIpc) is 2.50. The fraction of sp³-hybridized carbons (Fsp3) is 0.562. The molecule has 1 aromatic carbocycles. The number of nitrogens with one attached hydrogen (secondary N) is 1. The van der Waals surface area contributed by atoms with Gasteiger partial charge in [0.2, 0.25) is 0 Å². The van der Waals surface area contributed by atoms with Gasteiger partial charge in [-0.1, -0.05) is 35.2 Å². The van der Waals surface area contributed by atoms with E-state index in [0.29, 0.717) is 5.75 Å². The van der Waals surface area contributed by atoms with Gasteiger partial charge in [-0.2, -0.15) is 0 Å². The van der Waals surface area contributed by atoms with Crippen LogP contribution in [0.1, 0.15) is 39.0 Å². The van der Waals surface area contributed by atoms with Crippen LogP contribution in [-0.2, 0) is 4.79 Å². The molecule has 1 saturated carbocycles. The van der Waals surface area contributed by atoms with E-state index in [-0.39, 0.29) is 12.5 Å². The van der Waals surface area contributed by atoms with Crippen molar-refractivity contribution >= 4 is 21.8 Å². The number of aliphatic hydroxyl groups excluding tert-OH is 1. The van der Waals surface area contributed by atoms with Gasteiger partial charge < -0.3 is 15.2 Å². The third-order valence-corrected chi connectivity index (χ3v) is 4.53. The molecule has 1 aromatic rings. The number of hydrogen-bond donors (Lipinski definition) is 2. The quantitative estimate of drug-likeness (QED) is 0.853. The van der Waals surface area contributed by atoms with Gasteiger partial charge in [-0.05, 0) is 44.0 Å². The Bertz CT molecular complexity index is 469.